The Labute approximate surface area is 148 Å². The molecule has 10 nitrogen and oxygen atoms in total. The molecule has 0 bridgehead atoms. The average molecular weight is 357 g/mol. The molecule has 0 radical (unpaired) electrons. The lowest BCUT2D eigenvalue weighted by Crippen LogP contribution is -2.55. The molecule has 144 valence electrons. The van der Waals surface area contributed by atoms with Crippen LogP contribution in [-0.2, 0) is 14.4 Å². The highest BCUT2D eigenvalue weighted by atomic mass is 16.2. The smallest absolute Gasteiger partial charge is 0.243 e. The zero-order chi connectivity index (χ0) is 19.6. The maximum Gasteiger partial charge on any atom is 0.243 e. The molecule has 0 saturated carbocycles. The van der Waals surface area contributed by atoms with Gasteiger partial charge in [0.05, 0.1) is 6.04 Å². The first-order valence-electron chi connectivity index (χ1n) is 8.28. The van der Waals surface area contributed by atoms with Crippen molar-refractivity contribution in [3.63, 3.8) is 0 Å². The Morgan fingerprint density at radius 2 is 1.56 bits per heavy atom. The first-order chi connectivity index (χ1) is 11.5. The van der Waals surface area contributed by atoms with Gasteiger partial charge in [-0.25, -0.2) is 0 Å². The zero-order valence-electron chi connectivity index (χ0n) is 15.1. The highest BCUT2D eigenvalue weighted by Gasteiger charge is 2.26. The van der Waals surface area contributed by atoms with Gasteiger partial charge in [-0.3, -0.25) is 19.8 Å². The average Bonchev–Trinajstić information content (AvgIpc) is 2.48. The van der Waals surface area contributed by atoms with Crippen LogP contribution in [0.1, 0.15) is 40.0 Å². The maximum absolute atomic E-state index is 12.4. The quantitative estimate of drug-likeness (QED) is 0.128. The monoisotopic (exact) mass is 357 g/mol. The topological polar surface area (TPSA) is 189 Å². The SMILES string of the molecule is CC(C)C[C@H](NC(=O)[C@H](C)N)C(=O)N[C@@H](CCCNC(=N)N)C(N)=O. The van der Waals surface area contributed by atoms with E-state index in [0.717, 1.165) is 0 Å². The molecule has 10 N–H and O–H groups in total. The Balaban J connectivity index is 4.79. The fourth-order valence-electron chi connectivity index (χ4n) is 2.09. The summed E-state index contributed by atoms with van der Waals surface area (Å²) in [5.41, 5.74) is 16.0. The maximum atomic E-state index is 12.4. The van der Waals surface area contributed by atoms with E-state index in [2.05, 4.69) is 16.0 Å². The fourth-order valence-corrected chi connectivity index (χ4v) is 2.09. The van der Waals surface area contributed by atoms with Gasteiger partial charge < -0.3 is 33.2 Å². The summed E-state index contributed by atoms with van der Waals surface area (Å²) >= 11 is 0. The predicted molar refractivity (Wildman–Crippen MR) is 95.3 cm³/mol. The van der Waals surface area contributed by atoms with Gasteiger partial charge in [-0.15, -0.1) is 0 Å². The second-order valence-corrected chi connectivity index (χ2v) is 6.43. The van der Waals surface area contributed by atoms with Crippen LogP contribution in [-0.4, -0.2) is 48.4 Å². The molecule has 0 rings (SSSR count). The molecule has 25 heavy (non-hydrogen) atoms. The van der Waals surface area contributed by atoms with Gasteiger partial charge >= 0.3 is 0 Å². The molecule has 0 fully saturated rings. The van der Waals surface area contributed by atoms with E-state index < -0.39 is 35.8 Å². The molecule has 0 aliphatic heterocycles. The van der Waals surface area contributed by atoms with Crippen molar-refractivity contribution in [3.8, 4) is 0 Å². The summed E-state index contributed by atoms with van der Waals surface area (Å²) in [5.74, 6) is -1.61. The number of nitrogens with two attached hydrogens (primary N) is 3. The van der Waals surface area contributed by atoms with Crippen LogP contribution < -0.4 is 33.2 Å². The minimum atomic E-state index is -0.872. The number of amides is 3. The van der Waals surface area contributed by atoms with Crippen LogP contribution in [0.2, 0.25) is 0 Å². The first-order valence-corrected chi connectivity index (χ1v) is 8.28. The molecule has 0 heterocycles. The second kappa shape index (κ2) is 11.2. The molecule has 0 aliphatic rings. The molecule has 3 amide bonds. The molecule has 0 saturated heterocycles. The lowest BCUT2D eigenvalue weighted by atomic mass is 10.0. The van der Waals surface area contributed by atoms with Crippen molar-refractivity contribution in [2.24, 2.45) is 23.1 Å². The van der Waals surface area contributed by atoms with Gasteiger partial charge in [0, 0.05) is 6.54 Å². The number of primary amides is 1. The third-order valence-corrected chi connectivity index (χ3v) is 3.40. The fraction of sp³-hybridized carbons (Fsp3) is 0.733. The van der Waals surface area contributed by atoms with E-state index in [9.17, 15) is 14.4 Å². The highest BCUT2D eigenvalue weighted by molar-refractivity contribution is 5.92. The molecule has 10 heteroatoms. The number of hydrogen-bond donors (Lipinski definition) is 7. The molecule has 0 aromatic heterocycles. The van der Waals surface area contributed by atoms with Crippen molar-refractivity contribution in [2.75, 3.05) is 6.54 Å². The lowest BCUT2D eigenvalue weighted by Gasteiger charge is -2.24. The summed E-state index contributed by atoms with van der Waals surface area (Å²) in [7, 11) is 0. The van der Waals surface area contributed by atoms with Gasteiger partial charge in [-0.05, 0) is 32.1 Å². The summed E-state index contributed by atoms with van der Waals surface area (Å²) in [6.45, 7) is 5.73. The van der Waals surface area contributed by atoms with Crippen molar-refractivity contribution in [1.29, 1.82) is 5.41 Å². The third-order valence-electron chi connectivity index (χ3n) is 3.40. The van der Waals surface area contributed by atoms with Crippen molar-refractivity contribution in [1.82, 2.24) is 16.0 Å². The molecule has 0 aromatic carbocycles. The Morgan fingerprint density at radius 1 is 1.00 bits per heavy atom. The Hall–Kier alpha value is -2.36. The summed E-state index contributed by atoms with van der Waals surface area (Å²) < 4.78 is 0. The van der Waals surface area contributed by atoms with Crippen molar-refractivity contribution in [2.45, 2.75) is 58.2 Å². The summed E-state index contributed by atoms with van der Waals surface area (Å²) in [4.78, 5) is 35.8. The van der Waals surface area contributed by atoms with E-state index in [1.54, 1.807) is 0 Å². The Morgan fingerprint density at radius 3 is 2.00 bits per heavy atom. The van der Waals surface area contributed by atoms with E-state index >= 15 is 0 Å². The van der Waals surface area contributed by atoms with E-state index in [1.807, 2.05) is 13.8 Å². The van der Waals surface area contributed by atoms with Crippen molar-refractivity contribution >= 4 is 23.7 Å². The lowest BCUT2D eigenvalue weighted by molar-refractivity contribution is -0.132. The van der Waals surface area contributed by atoms with Crippen molar-refractivity contribution in [3.05, 3.63) is 0 Å². The van der Waals surface area contributed by atoms with Crippen molar-refractivity contribution < 1.29 is 14.4 Å². The second-order valence-electron chi connectivity index (χ2n) is 6.43. The van der Waals surface area contributed by atoms with Crippen LogP contribution in [0.4, 0.5) is 0 Å². The minimum absolute atomic E-state index is 0.149. The van der Waals surface area contributed by atoms with Crippen LogP contribution in [0, 0.1) is 11.3 Å². The van der Waals surface area contributed by atoms with Gasteiger partial charge in [-0.1, -0.05) is 13.8 Å². The summed E-state index contributed by atoms with van der Waals surface area (Å²) in [6.07, 6.45) is 1.17. The van der Waals surface area contributed by atoms with Gasteiger partial charge in [0.2, 0.25) is 17.7 Å². The van der Waals surface area contributed by atoms with Crippen LogP contribution >= 0.6 is 0 Å². The third kappa shape index (κ3) is 10.2. The number of nitrogens with one attached hydrogen (secondary N) is 4. The molecular weight excluding hydrogens is 326 g/mol. The van der Waals surface area contributed by atoms with Gasteiger partial charge in [0.25, 0.3) is 0 Å². The molecule has 0 unspecified atom stereocenters. The zero-order valence-corrected chi connectivity index (χ0v) is 15.1. The number of hydrogen-bond acceptors (Lipinski definition) is 5. The van der Waals surface area contributed by atoms with E-state index in [-0.39, 0.29) is 18.3 Å². The molecule has 3 atom stereocenters. The number of carbonyl (C=O) groups excluding carboxylic acids is 3. The van der Waals surface area contributed by atoms with Gasteiger partial charge in [0.15, 0.2) is 5.96 Å². The van der Waals surface area contributed by atoms with Gasteiger partial charge in [-0.2, -0.15) is 0 Å². The van der Waals surface area contributed by atoms with Crippen LogP contribution in [0.25, 0.3) is 0 Å². The van der Waals surface area contributed by atoms with Gasteiger partial charge in [0.1, 0.15) is 12.1 Å². The Bertz CT molecular complexity index is 480. The van der Waals surface area contributed by atoms with Crippen LogP contribution in [0.3, 0.4) is 0 Å². The van der Waals surface area contributed by atoms with Crippen LogP contribution in [0.15, 0.2) is 0 Å². The van der Waals surface area contributed by atoms with E-state index in [4.69, 9.17) is 22.6 Å². The number of rotatable bonds is 11. The highest BCUT2D eigenvalue weighted by Crippen LogP contribution is 2.07. The minimum Gasteiger partial charge on any atom is -0.370 e. The van der Waals surface area contributed by atoms with E-state index in [1.165, 1.54) is 6.92 Å². The largest absolute Gasteiger partial charge is 0.370 e. The molecule has 0 spiro atoms. The normalized spacial score (nSPS) is 14.3. The number of guanidine groups is 1. The standard InChI is InChI=1S/C15H31N7O3/c1-8(2)7-11(22-13(24)9(3)16)14(25)21-10(12(17)23)5-4-6-20-15(18)19/h8-11H,4-7,16H2,1-3H3,(H2,17,23)(H,21,25)(H,22,24)(H4,18,19,20)/t9-,10-,11-/m0/s1. The van der Waals surface area contributed by atoms with Crippen LogP contribution in [0.5, 0.6) is 0 Å². The molecule has 0 aliphatic carbocycles. The summed E-state index contributed by atoms with van der Waals surface area (Å²) in [5, 5.41) is 14.8. The first kappa shape index (κ1) is 22.6. The molecular formula is C15H31N7O3. The Kier molecular flexibility index (Phi) is 10.2. The molecule has 0 aromatic rings. The predicted octanol–water partition coefficient (Wildman–Crippen LogP) is -1.90. The van der Waals surface area contributed by atoms with E-state index in [0.29, 0.717) is 19.4 Å². The number of carbonyl (C=O) groups is 3. The summed E-state index contributed by atoms with van der Waals surface area (Å²) in [6, 6.07) is -2.41.